The molecule has 55 heavy (non-hydrogen) atoms. The Bertz CT molecular complexity index is 2880. The van der Waals surface area contributed by atoms with Gasteiger partial charge in [0.25, 0.3) is 0 Å². The molecule has 10 rings (SSSR count). The number of hydrogen-bond donors (Lipinski definition) is 0. The zero-order valence-electron chi connectivity index (χ0n) is 29.9. The Morgan fingerprint density at radius 1 is 0.291 bits per heavy atom. The maximum Gasteiger partial charge on any atom is 0.160 e. The van der Waals surface area contributed by atoms with Gasteiger partial charge in [0.1, 0.15) is 11.2 Å². The largest absolute Gasteiger partial charge is 0.456 e. The van der Waals surface area contributed by atoms with Crippen LogP contribution < -0.4 is 0 Å². The molecule has 0 saturated carbocycles. The summed E-state index contributed by atoms with van der Waals surface area (Å²) in [6.07, 6.45) is 0. The molecule has 0 N–H and O–H groups in total. The second kappa shape index (κ2) is 13.9. The van der Waals surface area contributed by atoms with E-state index in [9.17, 15) is 0 Å². The van der Waals surface area contributed by atoms with Crippen LogP contribution in [0.2, 0.25) is 0 Å². The van der Waals surface area contributed by atoms with Crippen LogP contribution in [0.15, 0.2) is 211 Å². The van der Waals surface area contributed by atoms with Gasteiger partial charge in [-0.1, -0.05) is 176 Å². The summed E-state index contributed by atoms with van der Waals surface area (Å²) in [5.74, 6) is 0.685. The molecule has 258 valence electrons. The van der Waals surface area contributed by atoms with Crippen molar-refractivity contribution in [2.45, 2.75) is 0 Å². The van der Waals surface area contributed by atoms with E-state index in [0.717, 1.165) is 61.1 Å². The molecule has 10 aromatic rings. The molecule has 0 aliphatic rings. The molecule has 0 fully saturated rings. The van der Waals surface area contributed by atoms with Gasteiger partial charge in [0.2, 0.25) is 0 Å². The molecule has 0 aliphatic heterocycles. The lowest BCUT2D eigenvalue weighted by Gasteiger charge is -2.14. The van der Waals surface area contributed by atoms with Crippen molar-refractivity contribution < 1.29 is 4.42 Å². The predicted octanol–water partition coefficient (Wildman–Crippen LogP) is 14.0. The lowest BCUT2D eigenvalue weighted by atomic mass is 9.90. The average Bonchev–Trinajstić information content (AvgIpc) is 3.66. The summed E-state index contributed by atoms with van der Waals surface area (Å²) in [4.78, 5) is 10.2. The second-order valence-corrected chi connectivity index (χ2v) is 13.8. The zero-order valence-corrected chi connectivity index (χ0v) is 29.9. The predicted molar refractivity (Wildman–Crippen MR) is 227 cm³/mol. The standard InChI is InChI=1S/C52H34N2O/c1-5-14-35(15-6-1)36-24-26-37(27-25-36)41-28-30-43(45(32-41)38-16-7-2-8-17-38)42-29-31-49-46(33-42)51-44(22-13-23-50(51)55-49)48-34-47(39-18-9-3-10-19-39)53-52(54-48)40-20-11-4-12-21-40/h1-34H. The summed E-state index contributed by atoms with van der Waals surface area (Å²) >= 11 is 0. The molecule has 0 radical (unpaired) electrons. The van der Waals surface area contributed by atoms with Gasteiger partial charge in [0.15, 0.2) is 5.82 Å². The van der Waals surface area contributed by atoms with Gasteiger partial charge in [-0.05, 0) is 74.8 Å². The number of nitrogens with zero attached hydrogens (tertiary/aromatic N) is 2. The summed E-state index contributed by atoms with van der Waals surface area (Å²) in [5, 5.41) is 2.08. The van der Waals surface area contributed by atoms with Crippen molar-refractivity contribution in [2.24, 2.45) is 0 Å². The van der Waals surface area contributed by atoms with E-state index in [1.807, 2.05) is 48.5 Å². The average molecular weight is 703 g/mol. The highest BCUT2D eigenvalue weighted by atomic mass is 16.3. The van der Waals surface area contributed by atoms with Crippen LogP contribution >= 0.6 is 0 Å². The summed E-state index contributed by atoms with van der Waals surface area (Å²) < 4.78 is 6.53. The highest BCUT2D eigenvalue weighted by Crippen LogP contribution is 2.42. The minimum absolute atomic E-state index is 0.685. The zero-order chi connectivity index (χ0) is 36.6. The van der Waals surface area contributed by atoms with Crippen LogP contribution in [-0.4, -0.2) is 9.97 Å². The summed E-state index contributed by atoms with van der Waals surface area (Å²) in [6.45, 7) is 0. The minimum atomic E-state index is 0.685. The number of benzene rings is 8. The van der Waals surface area contributed by atoms with E-state index in [4.69, 9.17) is 14.4 Å². The van der Waals surface area contributed by atoms with Gasteiger partial charge in [0, 0.05) is 27.5 Å². The van der Waals surface area contributed by atoms with Gasteiger partial charge < -0.3 is 4.42 Å². The number of hydrogen-bond acceptors (Lipinski definition) is 3. The molecule has 0 spiro atoms. The van der Waals surface area contributed by atoms with Crippen LogP contribution in [-0.2, 0) is 0 Å². The molecule has 3 heteroatoms. The molecule has 3 nitrogen and oxygen atoms in total. The molecule has 2 heterocycles. The highest BCUT2D eigenvalue weighted by Gasteiger charge is 2.18. The molecule has 0 amide bonds. The number of aromatic nitrogens is 2. The van der Waals surface area contributed by atoms with Crippen LogP contribution in [0.25, 0.3) is 100 Å². The van der Waals surface area contributed by atoms with Gasteiger partial charge in [-0.15, -0.1) is 0 Å². The van der Waals surface area contributed by atoms with Gasteiger partial charge >= 0.3 is 0 Å². The molecular weight excluding hydrogens is 669 g/mol. The topological polar surface area (TPSA) is 38.9 Å². The van der Waals surface area contributed by atoms with Crippen molar-refractivity contribution in [2.75, 3.05) is 0 Å². The van der Waals surface area contributed by atoms with E-state index in [2.05, 4.69) is 158 Å². The fraction of sp³-hybridized carbons (Fsp3) is 0. The van der Waals surface area contributed by atoms with Crippen molar-refractivity contribution in [3.05, 3.63) is 206 Å². The smallest absolute Gasteiger partial charge is 0.160 e. The second-order valence-electron chi connectivity index (χ2n) is 13.8. The number of furan rings is 1. The van der Waals surface area contributed by atoms with Crippen LogP contribution in [0.4, 0.5) is 0 Å². The highest BCUT2D eigenvalue weighted by molar-refractivity contribution is 6.13. The number of rotatable bonds is 7. The van der Waals surface area contributed by atoms with Crippen molar-refractivity contribution in [3.8, 4) is 78.4 Å². The third kappa shape index (κ3) is 6.18. The summed E-state index contributed by atoms with van der Waals surface area (Å²) in [6, 6.07) is 72.2. The van der Waals surface area contributed by atoms with Gasteiger partial charge in [0.05, 0.1) is 11.4 Å². The van der Waals surface area contributed by atoms with Gasteiger partial charge in [-0.2, -0.15) is 0 Å². The van der Waals surface area contributed by atoms with Crippen LogP contribution in [0.3, 0.4) is 0 Å². The Labute approximate surface area is 319 Å². The van der Waals surface area contributed by atoms with E-state index < -0.39 is 0 Å². The van der Waals surface area contributed by atoms with Gasteiger partial charge in [-0.25, -0.2) is 9.97 Å². The molecule has 0 atom stereocenters. The lowest BCUT2D eigenvalue weighted by molar-refractivity contribution is 0.669. The first-order valence-corrected chi connectivity index (χ1v) is 18.6. The Morgan fingerprint density at radius 3 is 1.53 bits per heavy atom. The van der Waals surface area contributed by atoms with Crippen LogP contribution in [0.5, 0.6) is 0 Å². The van der Waals surface area contributed by atoms with E-state index in [1.54, 1.807) is 0 Å². The molecule has 0 aliphatic carbocycles. The van der Waals surface area contributed by atoms with Crippen LogP contribution in [0.1, 0.15) is 0 Å². The Balaban J connectivity index is 1.12. The van der Waals surface area contributed by atoms with E-state index in [0.29, 0.717) is 5.82 Å². The maximum absolute atomic E-state index is 6.53. The monoisotopic (exact) mass is 702 g/mol. The van der Waals surface area contributed by atoms with E-state index in [1.165, 1.54) is 33.4 Å². The fourth-order valence-electron chi connectivity index (χ4n) is 7.58. The Hall–Kier alpha value is -7.36. The first kappa shape index (κ1) is 32.3. The fourth-order valence-corrected chi connectivity index (χ4v) is 7.58. The van der Waals surface area contributed by atoms with E-state index >= 15 is 0 Å². The van der Waals surface area contributed by atoms with Crippen LogP contribution in [0, 0.1) is 0 Å². The first-order chi connectivity index (χ1) is 27.2. The maximum atomic E-state index is 6.53. The molecule has 0 saturated heterocycles. The lowest BCUT2D eigenvalue weighted by Crippen LogP contribution is -1.96. The normalized spacial score (nSPS) is 11.3. The third-order valence-corrected chi connectivity index (χ3v) is 10.3. The minimum Gasteiger partial charge on any atom is -0.456 e. The summed E-state index contributed by atoms with van der Waals surface area (Å²) in [7, 11) is 0. The Morgan fingerprint density at radius 2 is 0.836 bits per heavy atom. The third-order valence-electron chi connectivity index (χ3n) is 10.3. The van der Waals surface area contributed by atoms with E-state index in [-0.39, 0.29) is 0 Å². The molecule has 0 unspecified atom stereocenters. The molecule has 8 aromatic carbocycles. The van der Waals surface area contributed by atoms with Crippen molar-refractivity contribution in [3.63, 3.8) is 0 Å². The molecule has 0 bridgehead atoms. The SMILES string of the molecule is c1ccc(-c2ccc(-c3ccc(-c4ccc5oc6cccc(-c7cc(-c8ccccc8)nc(-c8ccccc8)n7)c6c5c4)c(-c4ccccc4)c3)cc2)cc1. The molecule has 2 aromatic heterocycles. The van der Waals surface area contributed by atoms with Crippen molar-refractivity contribution in [1.29, 1.82) is 0 Å². The number of fused-ring (bicyclic) bond motifs is 3. The van der Waals surface area contributed by atoms with Crippen molar-refractivity contribution >= 4 is 21.9 Å². The quantitative estimate of drug-likeness (QED) is 0.166. The van der Waals surface area contributed by atoms with Crippen molar-refractivity contribution in [1.82, 2.24) is 9.97 Å². The first-order valence-electron chi connectivity index (χ1n) is 18.6. The Kier molecular flexibility index (Phi) is 8.16. The van der Waals surface area contributed by atoms with Gasteiger partial charge in [-0.3, -0.25) is 0 Å². The molecular formula is C52H34N2O. The summed E-state index contributed by atoms with van der Waals surface area (Å²) in [5.41, 5.74) is 15.8.